The third-order valence-electron chi connectivity index (χ3n) is 2.17. The number of halogens is 1. The van der Waals surface area contributed by atoms with E-state index in [4.69, 9.17) is 4.43 Å². The van der Waals surface area contributed by atoms with Gasteiger partial charge in [-0.25, -0.2) is 0 Å². The van der Waals surface area contributed by atoms with E-state index < -0.39 is 8.32 Å². The first-order valence-corrected chi connectivity index (χ1v) is 9.11. The van der Waals surface area contributed by atoms with Crippen molar-refractivity contribution in [3.05, 3.63) is 35.9 Å². The summed E-state index contributed by atoms with van der Waals surface area (Å²) in [6.45, 7) is 5.28. The molecule has 0 unspecified atom stereocenters. The number of alkyl halides is 1. The Kier molecular flexibility index (Phi) is 4.85. The van der Waals surface area contributed by atoms with Gasteiger partial charge in [-0.3, -0.25) is 0 Å². The minimum Gasteiger partial charge on any atom is -0.413 e. The lowest BCUT2D eigenvalue weighted by Gasteiger charge is -2.21. The van der Waals surface area contributed by atoms with E-state index in [0.29, 0.717) is 0 Å². The van der Waals surface area contributed by atoms with Gasteiger partial charge in [-0.05, 0) is 24.7 Å². The Morgan fingerprint density at radius 1 is 1.21 bits per heavy atom. The van der Waals surface area contributed by atoms with E-state index in [2.05, 4.69) is 53.3 Å². The Labute approximate surface area is 95.7 Å². The van der Waals surface area contributed by atoms with Crippen LogP contribution >= 0.6 is 15.9 Å². The summed E-state index contributed by atoms with van der Waals surface area (Å²) in [7, 11) is -1.43. The molecule has 14 heavy (non-hydrogen) atoms. The van der Waals surface area contributed by atoms with Crippen molar-refractivity contribution in [2.24, 2.45) is 0 Å². The second kappa shape index (κ2) is 5.68. The highest BCUT2D eigenvalue weighted by Gasteiger charge is 2.20. The molecule has 0 saturated heterocycles. The molecule has 0 bridgehead atoms. The molecule has 0 aromatic heterocycles. The summed E-state index contributed by atoms with van der Waals surface area (Å²) < 4.78 is 5.96. The Morgan fingerprint density at radius 3 is 2.43 bits per heavy atom. The van der Waals surface area contributed by atoms with Crippen LogP contribution in [0.1, 0.15) is 5.56 Å². The minimum absolute atomic E-state index is 0.757. The summed E-state index contributed by atoms with van der Waals surface area (Å²) in [5.74, 6) is 0. The normalized spacial score (nSPS) is 11.6. The van der Waals surface area contributed by atoms with Crippen molar-refractivity contribution in [2.45, 2.75) is 25.7 Å². The monoisotopic (exact) mass is 272 g/mol. The zero-order chi connectivity index (χ0) is 10.4. The molecule has 1 rings (SSSR count). The summed E-state index contributed by atoms with van der Waals surface area (Å²) in [6, 6.07) is 11.5. The molecule has 0 aliphatic heterocycles. The fraction of sp³-hybridized carbons (Fsp3) is 0.455. The van der Waals surface area contributed by atoms with Crippen LogP contribution in [0.2, 0.25) is 19.1 Å². The Morgan fingerprint density at radius 2 is 1.86 bits per heavy atom. The highest BCUT2D eigenvalue weighted by Crippen LogP contribution is 2.15. The van der Waals surface area contributed by atoms with Crippen LogP contribution in [-0.4, -0.2) is 13.6 Å². The first-order chi connectivity index (χ1) is 6.64. The molecule has 0 amide bonds. The molecule has 78 valence electrons. The molecule has 1 aromatic carbocycles. The molecule has 0 heterocycles. The third kappa shape index (κ3) is 4.40. The molecule has 0 radical (unpaired) electrons. The average molecular weight is 273 g/mol. The van der Waals surface area contributed by atoms with Gasteiger partial charge in [0.1, 0.15) is 0 Å². The van der Waals surface area contributed by atoms with Gasteiger partial charge in [0, 0.05) is 5.33 Å². The van der Waals surface area contributed by atoms with Gasteiger partial charge in [0.2, 0.25) is 0 Å². The van der Waals surface area contributed by atoms with Gasteiger partial charge in [0.25, 0.3) is 0 Å². The molecular weight excluding hydrogens is 256 g/mol. The van der Waals surface area contributed by atoms with Crippen LogP contribution in [0.15, 0.2) is 30.3 Å². The van der Waals surface area contributed by atoms with Gasteiger partial charge in [-0.15, -0.1) is 0 Å². The minimum atomic E-state index is -1.43. The molecule has 0 aliphatic rings. The van der Waals surface area contributed by atoms with Crippen LogP contribution in [0.5, 0.6) is 0 Å². The van der Waals surface area contributed by atoms with Crippen LogP contribution in [0.3, 0.4) is 0 Å². The smallest absolute Gasteiger partial charge is 0.188 e. The second-order valence-electron chi connectivity index (χ2n) is 3.97. The molecule has 0 N–H and O–H groups in total. The van der Waals surface area contributed by atoms with Crippen molar-refractivity contribution in [1.29, 1.82) is 0 Å². The Hall–Kier alpha value is -0.123. The summed E-state index contributed by atoms with van der Waals surface area (Å²) >= 11 is 3.47. The fourth-order valence-electron chi connectivity index (χ4n) is 1.15. The highest BCUT2D eigenvalue weighted by molar-refractivity contribution is 9.09. The van der Waals surface area contributed by atoms with Gasteiger partial charge in [0.05, 0.1) is 6.61 Å². The lowest BCUT2D eigenvalue weighted by Crippen LogP contribution is -2.30. The molecule has 0 saturated carbocycles. The van der Waals surface area contributed by atoms with Crippen molar-refractivity contribution < 1.29 is 4.43 Å². The van der Waals surface area contributed by atoms with Crippen LogP contribution in [0, 0.1) is 0 Å². The molecule has 0 atom stereocenters. The Balaban J connectivity index is 2.40. The van der Waals surface area contributed by atoms with E-state index in [-0.39, 0.29) is 0 Å². The number of hydrogen-bond donors (Lipinski definition) is 0. The third-order valence-corrected chi connectivity index (χ3v) is 5.68. The maximum Gasteiger partial charge on any atom is 0.188 e. The first-order valence-electron chi connectivity index (χ1n) is 4.88. The van der Waals surface area contributed by atoms with Gasteiger partial charge in [-0.2, -0.15) is 0 Å². The van der Waals surface area contributed by atoms with E-state index in [1.165, 1.54) is 11.6 Å². The van der Waals surface area contributed by atoms with Crippen LogP contribution < -0.4 is 0 Å². The molecule has 1 nitrogen and oxygen atoms in total. The zero-order valence-electron chi connectivity index (χ0n) is 8.79. The lowest BCUT2D eigenvalue weighted by molar-refractivity contribution is 0.296. The standard InChI is InChI=1S/C11H17BrOSi/c1-14(2,9-8-12)13-10-11-6-4-3-5-7-11/h3-7H,8-10H2,1-2H3. The van der Waals surface area contributed by atoms with Gasteiger partial charge in [-0.1, -0.05) is 46.3 Å². The topological polar surface area (TPSA) is 9.23 Å². The summed E-state index contributed by atoms with van der Waals surface area (Å²) in [5, 5.41) is 1.04. The zero-order valence-corrected chi connectivity index (χ0v) is 11.4. The molecule has 0 aliphatic carbocycles. The predicted molar refractivity (Wildman–Crippen MR) is 67.3 cm³/mol. The molecule has 0 fully saturated rings. The predicted octanol–water partition coefficient (Wildman–Crippen LogP) is 3.80. The summed E-state index contributed by atoms with van der Waals surface area (Å²) in [4.78, 5) is 0. The van der Waals surface area contributed by atoms with E-state index in [1.807, 2.05) is 6.07 Å². The highest BCUT2D eigenvalue weighted by atomic mass is 79.9. The lowest BCUT2D eigenvalue weighted by atomic mass is 10.2. The van der Waals surface area contributed by atoms with Crippen LogP contribution in [0.25, 0.3) is 0 Å². The number of benzene rings is 1. The van der Waals surface area contributed by atoms with Crippen LogP contribution in [-0.2, 0) is 11.0 Å². The SMILES string of the molecule is C[Si](C)(CCBr)OCc1ccccc1. The summed E-state index contributed by atoms with van der Waals surface area (Å²) in [6.07, 6.45) is 0. The molecule has 3 heteroatoms. The fourth-order valence-corrected chi connectivity index (χ4v) is 5.17. The van der Waals surface area contributed by atoms with Crippen molar-refractivity contribution in [3.63, 3.8) is 0 Å². The van der Waals surface area contributed by atoms with Crippen molar-refractivity contribution in [1.82, 2.24) is 0 Å². The molecule has 1 aromatic rings. The molecular formula is C11H17BrOSi. The van der Waals surface area contributed by atoms with E-state index in [1.54, 1.807) is 0 Å². The maximum atomic E-state index is 5.96. The quantitative estimate of drug-likeness (QED) is 0.585. The maximum absolute atomic E-state index is 5.96. The van der Waals surface area contributed by atoms with E-state index in [0.717, 1.165) is 11.9 Å². The van der Waals surface area contributed by atoms with Gasteiger partial charge in [0.15, 0.2) is 8.32 Å². The van der Waals surface area contributed by atoms with Gasteiger partial charge < -0.3 is 4.43 Å². The van der Waals surface area contributed by atoms with Crippen molar-refractivity contribution in [2.75, 3.05) is 5.33 Å². The van der Waals surface area contributed by atoms with Gasteiger partial charge >= 0.3 is 0 Å². The van der Waals surface area contributed by atoms with E-state index >= 15 is 0 Å². The molecule has 0 spiro atoms. The first kappa shape index (κ1) is 11.9. The summed E-state index contributed by atoms with van der Waals surface area (Å²) in [5.41, 5.74) is 1.27. The Bertz CT molecular complexity index is 261. The average Bonchev–Trinajstić information content (AvgIpc) is 2.17. The second-order valence-corrected chi connectivity index (χ2v) is 9.07. The van der Waals surface area contributed by atoms with E-state index in [9.17, 15) is 0 Å². The van der Waals surface area contributed by atoms with Crippen molar-refractivity contribution >= 4 is 24.2 Å². The number of hydrogen-bond acceptors (Lipinski definition) is 1. The van der Waals surface area contributed by atoms with Crippen molar-refractivity contribution in [3.8, 4) is 0 Å². The number of rotatable bonds is 5. The largest absolute Gasteiger partial charge is 0.413 e. The van der Waals surface area contributed by atoms with Crippen LogP contribution in [0.4, 0.5) is 0 Å².